The zero-order valence-corrected chi connectivity index (χ0v) is 12.5. The molecule has 0 amide bonds. The standard InChI is InChI=1S/C15H20N2O2S/c1-2-13-8-10-17(12-13)20(18,19)15-7-3-5-14(11-15)6-4-9-16/h3,5,7,11,13H,2,8-10,12,16H2,1H3. The molecule has 4 nitrogen and oxygen atoms in total. The molecule has 1 aliphatic rings. The summed E-state index contributed by atoms with van der Waals surface area (Å²) in [5.41, 5.74) is 6.01. The molecule has 1 aliphatic heterocycles. The van der Waals surface area contributed by atoms with Crippen molar-refractivity contribution in [3.63, 3.8) is 0 Å². The molecular formula is C15H20N2O2S. The molecule has 1 saturated heterocycles. The van der Waals surface area contributed by atoms with Crippen LogP contribution in [0.1, 0.15) is 25.3 Å². The van der Waals surface area contributed by atoms with Crippen molar-refractivity contribution < 1.29 is 8.42 Å². The molecule has 0 spiro atoms. The second-order valence-corrected chi connectivity index (χ2v) is 6.90. The van der Waals surface area contributed by atoms with Crippen molar-refractivity contribution in [2.45, 2.75) is 24.7 Å². The number of nitrogens with zero attached hydrogens (tertiary/aromatic N) is 1. The minimum atomic E-state index is -3.39. The number of benzene rings is 1. The third kappa shape index (κ3) is 3.21. The number of nitrogens with two attached hydrogens (primary N) is 1. The average Bonchev–Trinajstić information content (AvgIpc) is 2.95. The lowest BCUT2D eigenvalue weighted by atomic mass is 10.1. The second kappa shape index (κ2) is 6.40. The lowest BCUT2D eigenvalue weighted by molar-refractivity contribution is 0.453. The van der Waals surface area contributed by atoms with Crippen molar-refractivity contribution in [2.75, 3.05) is 19.6 Å². The van der Waals surface area contributed by atoms with Gasteiger partial charge in [-0.05, 0) is 30.5 Å². The van der Waals surface area contributed by atoms with Crippen molar-refractivity contribution in [2.24, 2.45) is 11.7 Å². The molecule has 20 heavy (non-hydrogen) atoms. The second-order valence-electron chi connectivity index (χ2n) is 4.96. The summed E-state index contributed by atoms with van der Waals surface area (Å²) in [5, 5.41) is 0. The van der Waals surface area contributed by atoms with Gasteiger partial charge in [0.1, 0.15) is 0 Å². The summed E-state index contributed by atoms with van der Waals surface area (Å²) in [6, 6.07) is 6.76. The first-order chi connectivity index (χ1) is 9.57. The van der Waals surface area contributed by atoms with Crippen LogP contribution in [0.4, 0.5) is 0 Å². The molecule has 0 saturated carbocycles. The summed E-state index contributed by atoms with van der Waals surface area (Å²) < 4.78 is 26.7. The van der Waals surface area contributed by atoms with E-state index in [0.29, 0.717) is 29.5 Å². The van der Waals surface area contributed by atoms with Crippen molar-refractivity contribution in [3.8, 4) is 11.8 Å². The van der Waals surface area contributed by atoms with Crippen LogP contribution in [0.15, 0.2) is 29.2 Å². The third-order valence-corrected chi connectivity index (χ3v) is 5.49. The summed E-state index contributed by atoms with van der Waals surface area (Å²) >= 11 is 0. The molecule has 108 valence electrons. The fourth-order valence-corrected chi connectivity index (χ4v) is 3.96. The molecule has 1 unspecified atom stereocenters. The van der Waals surface area contributed by atoms with Crippen molar-refractivity contribution in [3.05, 3.63) is 29.8 Å². The van der Waals surface area contributed by atoms with E-state index in [1.807, 2.05) is 0 Å². The van der Waals surface area contributed by atoms with Crippen LogP contribution in [-0.2, 0) is 10.0 Å². The first-order valence-corrected chi connectivity index (χ1v) is 8.31. The van der Waals surface area contributed by atoms with Crippen LogP contribution < -0.4 is 5.73 Å². The Morgan fingerprint density at radius 1 is 1.45 bits per heavy atom. The van der Waals surface area contributed by atoms with Gasteiger partial charge < -0.3 is 5.73 Å². The molecular weight excluding hydrogens is 272 g/mol. The van der Waals surface area contributed by atoms with Gasteiger partial charge in [-0.1, -0.05) is 31.3 Å². The summed E-state index contributed by atoms with van der Waals surface area (Å²) in [6.45, 7) is 3.60. The number of hydrogen-bond donors (Lipinski definition) is 1. The molecule has 1 heterocycles. The van der Waals surface area contributed by atoms with E-state index in [1.54, 1.807) is 28.6 Å². The average molecular weight is 292 g/mol. The maximum Gasteiger partial charge on any atom is 0.243 e. The van der Waals surface area contributed by atoms with E-state index in [9.17, 15) is 8.42 Å². The van der Waals surface area contributed by atoms with E-state index in [0.717, 1.165) is 12.8 Å². The zero-order chi connectivity index (χ0) is 14.6. The smallest absolute Gasteiger partial charge is 0.243 e. The molecule has 0 aromatic heterocycles. The molecule has 1 fully saturated rings. The van der Waals surface area contributed by atoms with Gasteiger partial charge >= 0.3 is 0 Å². The van der Waals surface area contributed by atoms with E-state index < -0.39 is 10.0 Å². The maximum atomic E-state index is 12.6. The molecule has 5 heteroatoms. The maximum absolute atomic E-state index is 12.6. The molecule has 0 radical (unpaired) electrons. The van der Waals surface area contributed by atoms with Gasteiger partial charge in [-0.15, -0.1) is 0 Å². The van der Waals surface area contributed by atoms with Crippen LogP contribution in [-0.4, -0.2) is 32.4 Å². The zero-order valence-electron chi connectivity index (χ0n) is 11.7. The highest BCUT2D eigenvalue weighted by Crippen LogP contribution is 2.26. The van der Waals surface area contributed by atoms with Gasteiger partial charge in [-0.2, -0.15) is 4.31 Å². The molecule has 1 aromatic carbocycles. The predicted molar refractivity (Wildman–Crippen MR) is 79.5 cm³/mol. The number of hydrogen-bond acceptors (Lipinski definition) is 3. The Morgan fingerprint density at radius 2 is 2.25 bits per heavy atom. The van der Waals surface area contributed by atoms with Crippen LogP contribution in [0.3, 0.4) is 0 Å². The van der Waals surface area contributed by atoms with E-state index in [-0.39, 0.29) is 6.54 Å². The van der Waals surface area contributed by atoms with Gasteiger partial charge in [0.25, 0.3) is 0 Å². The Morgan fingerprint density at radius 3 is 2.90 bits per heavy atom. The summed E-state index contributed by atoms with van der Waals surface area (Å²) in [7, 11) is -3.39. The van der Waals surface area contributed by atoms with E-state index in [2.05, 4.69) is 18.8 Å². The van der Waals surface area contributed by atoms with Gasteiger partial charge in [-0.25, -0.2) is 8.42 Å². The normalized spacial score (nSPS) is 19.6. The lowest BCUT2D eigenvalue weighted by Crippen LogP contribution is -2.28. The Bertz CT molecular complexity index is 629. The Kier molecular flexibility index (Phi) is 4.81. The Labute approximate surface area is 121 Å². The monoisotopic (exact) mass is 292 g/mol. The van der Waals surface area contributed by atoms with E-state index in [4.69, 9.17) is 5.73 Å². The minimum Gasteiger partial charge on any atom is -0.320 e. The summed E-state index contributed by atoms with van der Waals surface area (Å²) in [4.78, 5) is 0.318. The third-order valence-electron chi connectivity index (χ3n) is 3.63. The molecule has 0 aliphatic carbocycles. The van der Waals surface area contributed by atoms with Gasteiger partial charge in [0.15, 0.2) is 0 Å². The van der Waals surface area contributed by atoms with Gasteiger partial charge in [0, 0.05) is 18.7 Å². The highest BCUT2D eigenvalue weighted by Gasteiger charge is 2.31. The topological polar surface area (TPSA) is 63.4 Å². The van der Waals surface area contributed by atoms with Crippen molar-refractivity contribution in [1.82, 2.24) is 4.31 Å². The highest BCUT2D eigenvalue weighted by molar-refractivity contribution is 7.89. The Hall–Kier alpha value is -1.35. The summed E-state index contributed by atoms with van der Waals surface area (Å²) in [5.74, 6) is 6.08. The van der Waals surface area contributed by atoms with Gasteiger partial charge in [-0.3, -0.25) is 0 Å². The van der Waals surface area contributed by atoms with Crippen LogP contribution >= 0.6 is 0 Å². The van der Waals surface area contributed by atoms with Crippen molar-refractivity contribution in [1.29, 1.82) is 0 Å². The van der Waals surface area contributed by atoms with Crippen LogP contribution in [0.25, 0.3) is 0 Å². The first kappa shape index (κ1) is 15.0. The number of rotatable bonds is 3. The first-order valence-electron chi connectivity index (χ1n) is 6.87. The SMILES string of the molecule is CCC1CCN(S(=O)(=O)c2cccc(C#CCN)c2)C1. The minimum absolute atomic E-state index is 0.265. The van der Waals surface area contributed by atoms with Crippen LogP contribution in [0.5, 0.6) is 0 Å². The number of sulfonamides is 1. The molecule has 1 aromatic rings. The fraction of sp³-hybridized carbons (Fsp3) is 0.467. The van der Waals surface area contributed by atoms with Gasteiger partial charge in [0.2, 0.25) is 10.0 Å². The highest BCUT2D eigenvalue weighted by atomic mass is 32.2. The lowest BCUT2D eigenvalue weighted by Gasteiger charge is -2.16. The van der Waals surface area contributed by atoms with E-state index in [1.165, 1.54) is 0 Å². The molecule has 0 bridgehead atoms. The predicted octanol–water partition coefficient (Wildman–Crippen LogP) is 1.42. The largest absolute Gasteiger partial charge is 0.320 e. The molecule has 2 N–H and O–H groups in total. The van der Waals surface area contributed by atoms with Crippen LogP contribution in [0.2, 0.25) is 0 Å². The summed E-state index contributed by atoms with van der Waals surface area (Å²) in [6.07, 6.45) is 1.97. The quantitative estimate of drug-likeness (QED) is 0.857. The Balaban J connectivity index is 2.26. The molecule has 1 atom stereocenters. The van der Waals surface area contributed by atoms with Crippen LogP contribution in [0, 0.1) is 17.8 Å². The van der Waals surface area contributed by atoms with E-state index >= 15 is 0 Å². The fourth-order valence-electron chi connectivity index (χ4n) is 2.39. The van der Waals surface area contributed by atoms with Gasteiger partial charge in [0.05, 0.1) is 11.4 Å². The molecule has 2 rings (SSSR count). The van der Waals surface area contributed by atoms with Crippen molar-refractivity contribution >= 4 is 10.0 Å².